The molecule has 0 aromatic carbocycles. The summed E-state index contributed by atoms with van der Waals surface area (Å²) < 4.78 is 24.3. The summed E-state index contributed by atoms with van der Waals surface area (Å²) in [5, 5.41) is 3.30. The molecule has 0 unspecified atom stereocenters. The van der Waals surface area contributed by atoms with Crippen molar-refractivity contribution < 1.29 is 13.6 Å². The Bertz CT molecular complexity index is 308. The maximum Gasteiger partial charge on any atom is 0.333 e. The standard InChI is InChI=1S/C6H7F2N3O/c1-3-2-11(6(7)8)10-4(3)5(9)12/h2,6H,1H3,(H2,9,12). The van der Waals surface area contributed by atoms with Gasteiger partial charge in [0.2, 0.25) is 0 Å². The average Bonchev–Trinajstić information content (AvgIpc) is 2.30. The number of alkyl halides is 2. The molecule has 0 saturated carbocycles. The monoisotopic (exact) mass is 175 g/mol. The smallest absolute Gasteiger partial charge is 0.333 e. The summed E-state index contributed by atoms with van der Waals surface area (Å²) in [5.41, 5.74) is 5.10. The first-order valence-corrected chi connectivity index (χ1v) is 3.16. The number of hydrogen-bond acceptors (Lipinski definition) is 2. The molecule has 0 aliphatic carbocycles. The van der Waals surface area contributed by atoms with Crippen LogP contribution in [0.1, 0.15) is 22.6 Å². The molecule has 2 N–H and O–H groups in total. The Balaban J connectivity index is 3.09. The molecular weight excluding hydrogens is 168 g/mol. The summed E-state index contributed by atoms with van der Waals surface area (Å²) in [6, 6.07) is 0. The fourth-order valence-corrected chi connectivity index (χ4v) is 0.826. The normalized spacial score (nSPS) is 10.7. The van der Waals surface area contributed by atoms with Gasteiger partial charge < -0.3 is 5.73 Å². The van der Waals surface area contributed by atoms with Gasteiger partial charge in [-0.3, -0.25) is 4.79 Å². The molecule has 1 heterocycles. The number of nitrogens with zero attached hydrogens (tertiary/aromatic N) is 2. The Hall–Kier alpha value is -1.46. The van der Waals surface area contributed by atoms with Gasteiger partial charge in [-0.2, -0.15) is 13.9 Å². The molecule has 0 aliphatic heterocycles. The molecule has 0 radical (unpaired) electrons. The zero-order valence-corrected chi connectivity index (χ0v) is 6.29. The number of carbonyl (C=O) groups excluding carboxylic acids is 1. The van der Waals surface area contributed by atoms with Gasteiger partial charge in [0.05, 0.1) is 0 Å². The van der Waals surface area contributed by atoms with Crippen molar-refractivity contribution in [2.24, 2.45) is 5.73 Å². The van der Waals surface area contributed by atoms with Crippen LogP contribution in [0.2, 0.25) is 0 Å². The molecule has 66 valence electrons. The number of halogens is 2. The maximum absolute atomic E-state index is 12.0. The second-order valence-corrected chi connectivity index (χ2v) is 2.28. The van der Waals surface area contributed by atoms with Crippen molar-refractivity contribution in [2.75, 3.05) is 0 Å². The zero-order valence-electron chi connectivity index (χ0n) is 6.29. The third-order valence-corrected chi connectivity index (χ3v) is 1.35. The van der Waals surface area contributed by atoms with Crippen LogP contribution in [0.25, 0.3) is 0 Å². The lowest BCUT2D eigenvalue weighted by atomic mass is 10.3. The molecule has 12 heavy (non-hydrogen) atoms. The SMILES string of the molecule is Cc1cn(C(F)F)nc1C(N)=O. The van der Waals surface area contributed by atoms with E-state index >= 15 is 0 Å². The summed E-state index contributed by atoms with van der Waals surface area (Å²) in [6.07, 6.45) is 1.07. The Morgan fingerprint density at radius 3 is 2.58 bits per heavy atom. The van der Waals surface area contributed by atoms with E-state index in [2.05, 4.69) is 5.10 Å². The number of primary amides is 1. The highest BCUT2D eigenvalue weighted by atomic mass is 19.3. The number of aromatic nitrogens is 2. The van der Waals surface area contributed by atoms with Gasteiger partial charge in [-0.05, 0) is 6.92 Å². The lowest BCUT2D eigenvalue weighted by Gasteiger charge is -1.94. The van der Waals surface area contributed by atoms with Crippen molar-refractivity contribution in [1.29, 1.82) is 0 Å². The van der Waals surface area contributed by atoms with Gasteiger partial charge in [-0.1, -0.05) is 0 Å². The van der Waals surface area contributed by atoms with Crippen LogP contribution in [-0.4, -0.2) is 15.7 Å². The molecular formula is C6H7F2N3O. The quantitative estimate of drug-likeness (QED) is 0.718. The molecule has 0 aliphatic rings. The summed E-state index contributed by atoms with van der Waals surface area (Å²) in [5.74, 6) is -0.799. The Morgan fingerprint density at radius 1 is 1.75 bits per heavy atom. The molecule has 1 rings (SSSR count). The van der Waals surface area contributed by atoms with E-state index in [0.717, 1.165) is 6.20 Å². The second kappa shape index (κ2) is 2.88. The van der Waals surface area contributed by atoms with E-state index in [1.807, 2.05) is 0 Å². The highest BCUT2D eigenvalue weighted by Gasteiger charge is 2.14. The van der Waals surface area contributed by atoms with E-state index in [4.69, 9.17) is 5.73 Å². The molecule has 0 atom stereocenters. The Morgan fingerprint density at radius 2 is 2.33 bits per heavy atom. The fourth-order valence-electron chi connectivity index (χ4n) is 0.826. The maximum atomic E-state index is 12.0. The van der Waals surface area contributed by atoms with E-state index in [-0.39, 0.29) is 5.69 Å². The molecule has 1 aromatic rings. The summed E-state index contributed by atoms with van der Waals surface area (Å²) in [4.78, 5) is 10.6. The molecule has 0 spiro atoms. The number of rotatable bonds is 2. The van der Waals surface area contributed by atoms with E-state index in [9.17, 15) is 13.6 Å². The van der Waals surface area contributed by atoms with Gasteiger partial charge in [0, 0.05) is 11.8 Å². The molecule has 4 nitrogen and oxygen atoms in total. The van der Waals surface area contributed by atoms with Crippen LogP contribution in [0.3, 0.4) is 0 Å². The minimum Gasteiger partial charge on any atom is -0.364 e. The highest BCUT2D eigenvalue weighted by molar-refractivity contribution is 5.92. The van der Waals surface area contributed by atoms with E-state index in [1.165, 1.54) is 6.92 Å². The Kier molecular flexibility index (Phi) is 2.07. The first kappa shape index (κ1) is 8.63. The van der Waals surface area contributed by atoms with Crippen molar-refractivity contribution in [3.05, 3.63) is 17.5 Å². The van der Waals surface area contributed by atoms with Crippen molar-refractivity contribution in [3.63, 3.8) is 0 Å². The number of aryl methyl sites for hydroxylation is 1. The molecule has 0 saturated heterocycles. The molecule has 0 fully saturated rings. The lowest BCUT2D eigenvalue weighted by molar-refractivity contribution is 0.0560. The van der Waals surface area contributed by atoms with Crippen molar-refractivity contribution in [2.45, 2.75) is 13.5 Å². The van der Waals surface area contributed by atoms with Gasteiger partial charge in [-0.15, -0.1) is 0 Å². The third kappa shape index (κ3) is 1.41. The molecule has 0 bridgehead atoms. The second-order valence-electron chi connectivity index (χ2n) is 2.28. The van der Waals surface area contributed by atoms with Crippen molar-refractivity contribution in [1.82, 2.24) is 9.78 Å². The van der Waals surface area contributed by atoms with Crippen LogP contribution in [0.15, 0.2) is 6.20 Å². The number of nitrogens with two attached hydrogens (primary N) is 1. The largest absolute Gasteiger partial charge is 0.364 e. The predicted molar refractivity (Wildman–Crippen MR) is 36.7 cm³/mol. The summed E-state index contributed by atoms with van der Waals surface area (Å²) in [7, 11) is 0. The van der Waals surface area contributed by atoms with E-state index in [1.54, 1.807) is 0 Å². The highest BCUT2D eigenvalue weighted by Crippen LogP contribution is 2.12. The lowest BCUT2D eigenvalue weighted by Crippen LogP contribution is -2.13. The first-order valence-electron chi connectivity index (χ1n) is 3.16. The Labute approximate surface area is 67.0 Å². The van der Waals surface area contributed by atoms with Gasteiger partial charge in [0.1, 0.15) is 0 Å². The first-order chi connectivity index (χ1) is 5.52. The van der Waals surface area contributed by atoms with Gasteiger partial charge in [0.25, 0.3) is 5.91 Å². The van der Waals surface area contributed by atoms with Crippen LogP contribution in [-0.2, 0) is 0 Å². The summed E-state index contributed by atoms with van der Waals surface area (Å²) >= 11 is 0. The molecule has 1 aromatic heterocycles. The van der Waals surface area contributed by atoms with Crippen molar-refractivity contribution in [3.8, 4) is 0 Å². The van der Waals surface area contributed by atoms with Crippen LogP contribution >= 0.6 is 0 Å². The minimum atomic E-state index is -2.74. The minimum absolute atomic E-state index is 0.115. The topological polar surface area (TPSA) is 60.9 Å². The molecule has 6 heteroatoms. The fraction of sp³-hybridized carbons (Fsp3) is 0.333. The third-order valence-electron chi connectivity index (χ3n) is 1.35. The average molecular weight is 175 g/mol. The van der Waals surface area contributed by atoms with Crippen LogP contribution in [0.5, 0.6) is 0 Å². The van der Waals surface area contributed by atoms with Crippen LogP contribution in [0, 0.1) is 6.92 Å². The number of carbonyl (C=O) groups is 1. The van der Waals surface area contributed by atoms with Crippen molar-refractivity contribution >= 4 is 5.91 Å². The number of hydrogen-bond donors (Lipinski definition) is 1. The predicted octanol–water partition coefficient (Wildman–Crippen LogP) is 0.686. The molecule has 1 amide bonds. The van der Waals surface area contributed by atoms with Crippen LogP contribution < -0.4 is 5.73 Å². The van der Waals surface area contributed by atoms with E-state index in [0.29, 0.717) is 10.2 Å². The van der Waals surface area contributed by atoms with Gasteiger partial charge in [-0.25, -0.2) is 4.68 Å². The van der Waals surface area contributed by atoms with Crippen LogP contribution in [0.4, 0.5) is 8.78 Å². The number of amides is 1. The van der Waals surface area contributed by atoms with E-state index < -0.39 is 12.5 Å². The van der Waals surface area contributed by atoms with Gasteiger partial charge in [0.15, 0.2) is 5.69 Å². The zero-order chi connectivity index (χ0) is 9.30. The van der Waals surface area contributed by atoms with Gasteiger partial charge >= 0.3 is 6.55 Å². The summed E-state index contributed by atoms with van der Waals surface area (Å²) in [6.45, 7) is -1.25.